The van der Waals surface area contributed by atoms with Crippen LogP contribution in [0.15, 0.2) is 18.5 Å². The molecule has 1 saturated heterocycles. The lowest BCUT2D eigenvalue weighted by atomic mass is 10.1. The zero-order valence-corrected chi connectivity index (χ0v) is 11.0. The highest BCUT2D eigenvalue weighted by Gasteiger charge is 2.30. The number of carbonyl (C=O) groups is 1. The molecule has 1 fully saturated rings. The molecule has 104 valence electrons. The van der Waals surface area contributed by atoms with Crippen LogP contribution in [0.3, 0.4) is 0 Å². The Morgan fingerprint density at radius 2 is 2.21 bits per heavy atom. The largest absolute Gasteiger partial charge is 0.506 e. The number of carbonyl (C=O) groups excluding carboxylic acids is 1. The van der Waals surface area contributed by atoms with Crippen molar-refractivity contribution in [2.24, 2.45) is 5.14 Å². The van der Waals surface area contributed by atoms with Gasteiger partial charge < -0.3 is 10.0 Å². The van der Waals surface area contributed by atoms with E-state index in [9.17, 15) is 18.3 Å². The standard InChI is InChI=1S/C11H15N3O4S/c12-19(17,18)10-2-1-3-14(7-10)11(16)8-4-9(15)6-13-5-8/h4-6,10,15H,1-3,7H2,(H2,12,17,18). The van der Waals surface area contributed by atoms with Crippen LogP contribution >= 0.6 is 0 Å². The average Bonchev–Trinajstić information content (AvgIpc) is 2.37. The molecule has 1 unspecified atom stereocenters. The van der Waals surface area contributed by atoms with Crippen LogP contribution in [-0.4, -0.2) is 47.7 Å². The topological polar surface area (TPSA) is 114 Å². The Balaban J connectivity index is 2.16. The Labute approximate surface area is 111 Å². The Morgan fingerprint density at radius 1 is 1.47 bits per heavy atom. The van der Waals surface area contributed by atoms with E-state index >= 15 is 0 Å². The third-order valence-electron chi connectivity index (χ3n) is 3.10. The lowest BCUT2D eigenvalue weighted by Gasteiger charge is -2.31. The summed E-state index contributed by atoms with van der Waals surface area (Å²) in [7, 11) is -3.64. The molecule has 0 saturated carbocycles. The highest BCUT2D eigenvalue weighted by molar-refractivity contribution is 7.89. The number of primary sulfonamides is 1. The first kappa shape index (κ1) is 13.8. The van der Waals surface area contributed by atoms with Gasteiger partial charge in [0, 0.05) is 19.3 Å². The molecule has 0 spiro atoms. The summed E-state index contributed by atoms with van der Waals surface area (Å²) in [5.41, 5.74) is 0.232. The van der Waals surface area contributed by atoms with Crippen LogP contribution in [0, 0.1) is 0 Å². The molecule has 8 heteroatoms. The average molecular weight is 285 g/mol. The molecule has 7 nitrogen and oxygen atoms in total. The number of sulfonamides is 1. The minimum atomic E-state index is -3.64. The first-order chi connectivity index (χ1) is 8.88. The fraction of sp³-hybridized carbons (Fsp3) is 0.455. The van der Waals surface area contributed by atoms with Gasteiger partial charge in [-0.3, -0.25) is 9.78 Å². The van der Waals surface area contributed by atoms with Gasteiger partial charge in [0.1, 0.15) is 5.75 Å². The number of hydrogen-bond acceptors (Lipinski definition) is 5. The monoisotopic (exact) mass is 285 g/mol. The molecular weight excluding hydrogens is 270 g/mol. The van der Waals surface area contributed by atoms with Gasteiger partial charge in [-0.1, -0.05) is 0 Å². The first-order valence-corrected chi connectivity index (χ1v) is 7.44. The molecule has 0 bridgehead atoms. The van der Waals surface area contributed by atoms with Gasteiger partial charge in [0.25, 0.3) is 5.91 Å². The third kappa shape index (κ3) is 3.21. The summed E-state index contributed by atoms with van der Waals surface area (Å²) in [4.78, 5) is 17.3. The van der Waals surface area contributed by atoms with Gasteiger partial charge in [0.05, 0.1) is 17.0 Å². The number of hydrogen-bond donors (Lipinski definition) is 2. The molecule has 1 atom stereocenters. The molecule has 0 aliphatic carbocycles. The smallest absolute Gasteiger partial charge is 0.255 e. The maximum absolute atomic E-state index is 12.2. The van der Waals surface area contributed by atoms with E-state index in [0.717, 1.165) is 0 Å². The Morgan fingerprint density at radius 3 is 2.84 bits per heavy atom. The summed E-state index contributed by atoms with van der Waals surface area (Å²) >= 11 is 0. The van der Waals surface area contributed by atoms with E-state index in [-0.39, 0.29) is 23.8 Å². The van der Waals surface area contributed by atoms with E-state index in [2.05, 4.69) is 4.98 Å². The zero-order valence-electron chi connectivity index (χ0n) is 10.2. The number of pyridine rings is 1. The molecule has 0 radical (unpaired) electrons. The molecule has 2 rings (SSSR count). The molecule has 1 aliphatic heterocycles. The minimum Gasteiger partial charge on any atom is -0.506 e. The van der Waals surface area contributed by atoms with E-state index in [1.807, 2.05) is 0 Å². The number of aromatic nitrogens is 1. The van der Waals surface area contributed by atoms with Crippen molar-refractivity contribution in [2.45, 2.75) is 18.1 Å². The van der Waals surface area contributed by atoms with Crippen molar-refractivity contribution >= 4 is 15.9 Å². The van der Waals surface area contributed by atoms with Crippen molar-refractivity contribution < 1.29 is 18.3 Å². The van der Waals surface area contributed by atoms with Crippen molar-refractivity contribution in [1.29, 1.82) is 0 Å². The van der Waals surface area contributed by atoms with Gasteiger partial charge in [-0.25, -0.2) is 13.6 Å². The molecule has 3 N–H and O–H groups in total. The Hall–Kier alpha value is -1.67. The van der Waals surface area contributed by atoms with Crippen LogP contribution in [0.2, 0.25) is 0 Å². The van der Waals surface area contributed by atoms with Crippen LogP contribution in [0.1, 0.15) is 23.2 Å². The van der Waals surface area contributed by atoms with Gasteiger partial charge in [0.2, 0.25) is 10.0 Å². The maximum atomic E-state index is 12.2. The Kier molecular flexibility index (Phi) is 3.72. The van der Waals surface area contributed by atoms with E-state index < -0.39 is 15.3 Å². The molecule has 1 aliphatic rings. The van der Waals surface area contributed by atoms with E-state index in [1.54, 1.807) is 0 Å². The lowest BCUT2D eigenvalue weighted by Crippen LogP contribution is -2.47. The molecule has 2 heterocycles. The van der Waals surface area contributed by atoms with Crippen molar-refractivity contribution in [3.05, 3.63) is 24.0 Å². The van der Waals surface area contributed by atoms with Crippen LogP contribution in [0.4, 0.5) is 0 Å². The Bertz CT molecular complexity index is 587. The van der Waals surface area contributed by atoms with Gasteiger partial charge in [-0.05, 0) is 18.9 Å². The first-order valence-electron chi connectivity index (χ1n) is 5.83. The third-order valence-corrected chi connectivity index (χ3v) is 4.41. The number of nitrogens with two attached hydrogens (primary N) is 1. The second-order valence-electron chi connectivity index (χ2n) is 4.54. The van der Waals surface area contributed by atoms with E-state index in [1.165, 1.54) is 23.4 Å². The maximum Gasteiger partial charge on any atom is 0.255 e. The van der Waals surface area contributed by atoms with Gasteiger partial charge in [-0.2, -0.15) is 0 Å². The van der Waals surface area contributed by atoms with Crippen LogP contribution < -0.4 is 5.14 Å². The molecule has 0 aromatic carbocycles. The number of likely N-dealkylation sites (tertiary alicyclic amines) is 1. The minimum absolute atomic E-state index is 0.0767. The van der Waals surface area contributed by atoms with Gasteiger partial charge >= 0.3 is 0 Å². The van der Waals surface area contributed by atoms with Crippen molar-refractivity contribution in [3.8, 4) is 5.75 Å². The summed E-state index contributed by atoms with van der Waals surface area (Å²) in [6.45, 7) is 0.549. The van der Waals surface area contributed by atoms with Crippen LogP contribution in [0.5, 0.6) is 5.75 Å². The predicted molar refractivity (Wildman–Crippen MR) is 67.9 cm³/mol. The highest BCUT2D eigenvalue weighted by Crippen LogP contribution is 2.18. The van der Waals surface area contributed by atoms with Crippen LogP contribution in [0.25, 0.3) is 0 Å². The van der Waals surface area contributed by atoms with E-state index in [0.29, 0.717) is 19.4 Å². The molecular formula is C11H15N3O4S. The number of aromatic hydroxyl groups is 1. The highest BCUT2D eigenvalue weighted by atomic mass is 32.2. The second kappa shape index (κ2) is 5.14. The fourth-order valence-corrected chi connectivity index (χ4v) is 3.00. The van der Waals surface area contributed by atoms with Crippen molar-refractivity contribution in [2.75, 3.05) is 13.1 Å². The number of piperidine rings is 1. The van der Waals surface area contributed by atoms with Crippen molar-refractivity contribution in [1.82, 2.24) is 9.88 Å². The lowest BCUT2D eigenvalue weighted by molar-refractivity contribution is 0.0726. The predicted octanol–water partition coefficient (Wildman–Crippen LogP) is -0.320. The summed E-state index contributed by atoms with van der Waals surface area (Å²) < 4.78 is 22.7. The number of nitrogens with zero attached hydrogens (tertiary/aromatic N) is 2. The number of amides is 1. The van der Waals surface area contributed by atoms with Gasteiger partial charge in [0.15, 0.2) is 0 Å². The quantitative estimate of drug-likeness (QED) is 0.773. The van der Waals surface area contributed by atoms with E-state index in [4.69, 9.17) is 5.14 Å². The van der Waals surface area contributed by atoms with Crippen molar-refractivity contribution in [3.63, 3.8) is 0 Å². The van der Waals surface area contributed by atoms with Crippen LogP contribution in [-0.2, 0) is 10.0 Å². The summed E-state index contributed by atoms with van der Waals surface area (Å²) in [5.74, 6) is -0.456. The SMILES string of the molecule is NS(=O)(=O)C1CCCN(C(=O)c2cncc(O)c2)C1. The summed E-state index contributed by atoms with van der Waals surface area (Å²) in [6.07, 6.45) is 3.60. The molecule has 1 aromatic rings. The zero-order chi connectivity index (χ0) is 14.0. The van der Waals surface area contributed by atoms with Gasteiger partial charge in [-0.15, -0.1) is 0 Å². The fourth-order valence-electron chi connectivity index (χ4n) is 2.12. The molecule has 19 heavy (non-hydrogen) atoms. The second-order valence-corrected chi connectivity index (χ2v) is 6.38. The normalized spacial score (nSPS) is 20.3. The summed E-state index contributed by atoms with van der Waals surface area (Å²) in [5, 5.41) is 13.7. The number of rotatable bonds is 2. The summed E-state index contributed by atoms with van der Waals surface area (Å²) in [6, 6.07) is 1.30. The molecule has 1 amide bonds. The molecule has 1 aromatic heterocycles.